The fraction of sp³-hybridized carbons (Fsp3) is 0.143. The molecule has 0 spiro atoms. The number of nitrogens with one attached hydrogen (secondary N) is 1. The van der Waals surface area contributed by atoms with Gasteiger partial charge >= 0.3 is 22.6 Å². The van der Waals surface area contributed by atoms with Crippen molar-refractivity contribution < 1.29 is 40.0 Å². The van der Waals surface area contributed by atoms with E-state index in [1.54, 1.807) is 0 Å². The van der Waals surface area contributed by atoms with E-state index in [1.165, 1.54) is 29.0 Å². The first kappa shape index (κ1) is 19.3. The van der Waals surface area contributed by atoms with Gasteiger partial charge < -0.3 is 13.7 Å². The van der Waals surface area contributed by atoms with E-state index in [0.717, 1.165) is 19.2 Å². The van der Waals surface area contributed by atoms with Crippen LogP contribution in [0.2, 0.25) is 0 Å². The third-order valence-corrected chi connectivity index (χ3v) is 3.54. The second-order valence-electron chi connectivity index (χ2n) is 4.59. The van der Waals surface area contributed by atoms with E-state index >= 15 is 0 Å². The molecule has 140 valence electrons. The SMILES string of the molecule is COC(=O)NS(=O)(=O)Oc1ccc(Oc2ccc(C(F)(F)F)cn2)cc1. The van der Waals surface area contributed by atoms with Gasteiger partial charge in [0, 0.05) is 12.3 Å². The van der Waals surface area contributed by atoms with Gasteiger partial charge in [-0.3, -0.25) is 0 Å². The molecule has 0 bridgehead atoms. The van der Waals surface area contributed by atoms with Crippen molar-refractivity contribution in [3.63, 3.8) is 0 Å². The third kappa shape index (κ3) is 5.51. The number of methoxy groups -OCH3 is 1. The molecule has 0 saturated carbocycles. The molecule has 0 unspecified atom stereocenters. The fourth-order valence-corrected chi connectivity index (χ4v) is 2.28. The van der Waals surface area contributed by atoms with E-state index in [4.69, 9.17) is 4.74 Å². The molecular weight excluding hydrogens is 381 g/mol. The standard InChI is InChI=1S/C14H11F3N2O6S/c1-23-13(20)19-26(21,22)25-11-5-3-10(4-6-11)24-12-7-2-9(8-18-12)14(15,16)17/h2-8H,1H3,(H,19,20). The lowest BCUT2D eigenvalue weighted by Gasteiger charge is -2.09. The Morgan fingerprint density at radius 3 is 2.19 bits per heavy atom. The molecule has 1 heterocycles. The Morgan fingerprint density at radius 1 is 1.08 bits per heavy atom. The van der Waals surface area contributed by atoms with Crippen LogP contribution in [0.4, 0.5) is 18.0 Å². The molecule has 8 nitrogen and oxygen atoms in total. The van der Waals surface area contributed by atoms with Gasteiger partial charge in [0.25, 0.3) is 0 Å². The number of rotatable bonds is 5. The molecule has 2 rings (SSSR count). The van der Waals surface area contributed by atoms with E-state index in [0.29, 0.717) is 6.20 Å². The number of amides is 1. The molecule has 0 aliphatic carbocycles. The van der Waals surface area contributed by atoms with Crippen molar-refractivity contribution >= 4 is 16.4 Å². The molecule has 0 radical (unpaired) electrons. The van der Waals surface area contributed by atoms with E-state index in [2.05, 4.69) is 13.9 Å². The van der Waals surface area contributed by atoms with Crippen molar-refractivity contribution in [1.29, 1.82) is 0 Å². The fourth-order valence-electron chi connectivity index (χ4n) is 1.58. The van der Waals surface area contributed by atoms with Crippen LogP contribution < -0.4 is 13.6 Å². The monoisotopic (exact) mass is 392 g/mol. The minimum Gasteiger partial charge on any atom is -0.452 e. The number of aromatic nitrogens is 1. The number of alkyl halides is 3. The average molecular weight is 392 g/mol. The molecule has 1 aromatic carbocycles. The first-order chi connectivity index (χ1) is 12.1. The molecule has 26 heavy (non-hydrogen) atoms. The van der Waals surface area contributed by atoms with Gasteiger partial charge in [-0.1, -0.05) is 0 Å². The number of benzene rings is 1. The number of hydrogen-bond donors (Lipinski definition) is 1. The summed E-state index contributed by atoms with van der Waals surface area (Å²) in [4.78, 5) is 14.4. The summed E-state index contributed by atoms with van der Waals surface area (Å²) in [5.41, 5.74) is -0.920. The number of nitrogens with zero attached hydrogens (tertiary/aromatic N) is 1. The lowest BCUT2D eigenvalue weighted by atomic mass is 10.3. The van der Waals surface area contributed by atoms with Crippen molar-refractivity contribution in [2.45, 2.75) is 6.18 Å². The smallest absolute Gasteiger partial charge is 0.423 e. The highest BCUT2D eigenvalue weighted by Crippen LogP contribution is 2.30. The van der Waals surface area contributed by atoms with Gasteiger partial charge in [-0.15, -0.1) is 0 Å². The van der Waals surface area contributed by atoms with E-state index in [9.17, 15) is 26.4 Å². The van der Waals surface area contributed by atoms with Crippen molar-refractivity contribution in [3.05, 3.63) is 48.2 Å². The van der Waals surface area contributed by atoms with Crippen molar-refractivity contribution in [3.8, 4) is 17.4 Å². The maximum atomic E-state index is 12.5. The second kappa shape index (κ2) is 7.47. The maximum absolute atomic E-state index is 12.5. The summed E-state index contributed by atoms with van der Waals surface area (Å²) >= 11 is 0. The number of pyridine rings is 1. The second-order valence-corrected chi connectivity index (χ2v) is 5.87. The minimum absolute atomic E-state index is 0.0911. The predicted octanol–water partition coefficient (Wildman–Crippen LogP) is 2.87. The molecule has 0 atom stereocenters. The topological polar surface area (TPSA) is 104 Å². The third-order valence-electron chi connectivity index (χ3n) is 2.71. The zero-order chi connectivity index (χ0) is 19.4. The summed E-state index contributed by atoms with van der Waals surface area (Å²) in [6.45, 7) is 0. The Kier molecular flexibility index (Phi) is 5.55. The van der Waals surface area contributed by atoms with Crippen LogP contribution in [-0.2, 0) is 21.2 Å². The molecule has 0 aliphatic heterocycles. The highest BCUT2D eigenvalue weighted by Gasteiger charge is 2.30. The van der Waals surface area contributed by atoms with Crippen LogP contribution in [-0.4, -0.2) is 26.6 Å². The van der Waals surface area contributed by atoms with Crippen LogP contribution in [0.15, 0.2) is 42.6 Å². The van der Waals surface area contributed by atoms with Crippen LogP contribution in [0.1, 0.15) is 5.56 Å². The summed E-state index contributed by atoms with van der Waals surface area (Å²) < 4.78 is 75.8. The predicted molar refractivity (Wildman–Crippen MR) is 80.8 cm³/mol. The molecular formula is C14H11F3N2O6S. The maximum Gasteiger partial charge on any atom is 0.423 e. The Hall–Kier alpha value is -3.02. The Morgan fingerprint density at radius 2 is 1.69 bits per heavy atom. The minimum atomic E-state index is -4.51. The molecule has 2 aromatic rings. The Bertz CT molecular complexity index is 867. The Balaban J connectivity index is 2.02. The van der Waals surface area contributed by atoms with Gasteiger partial charge in [-0.2, -0.15) is 26.3 Å². The summed E-state index contributed by atoms with van der Waals surface area (Å²) in [6, 6.07) is 6.85. The normalized spacial score (nSPS) is 11.5. The molecule has 1 aromatic heterocycles. The summed E-state index contributed by atoms with van der Waals surface area (Å²) in [7, 11) is -3.44. The van der Waals surface area contributed by atoms with Gasteiger partial charge in [0.1, 0.15) is 11.5 Å². The first-order valence-electron chi connectivity index (χ1n) is 6.70. The molecule has 12 heteroatoms. The highest BCUT2D eigenvalue weighted by atomic mass is 32.2. The number of carbonyl (C=O) groups excluding carboxylic acids is 1. The van der Waals surface area contributed by atoms with E-state index in [-0.39, 0.29) is 17.4 Å². The van der Waals surface area contributed by atoms with Gasteiger partial charge in [0.2, 0.25) is 5.88 Å². The molecule has 1 amide bonds. The van der Waals surface area contributed by atoms with Gasteiger partial charge in [-0.25, -0.2) is 9.78 Å². The summed E-state index contributed by atoms with van der Waals surface area (Å²) in [5, 5.41) is 0. The van der Waals surface area contributed by atoms with Gasteiger partial charge in [0.05, 0.1) is 12.7 Å². The van der Waals surface area contributed by atoms with Gasteiger partial charge in [-0.05, 0) is 30.3 Å². The van der Waals surface area contributed by atoms with E-state index < -0.39 is 28.1 Å². The first-order valence-corrected chi connectivity index (χ1v) is 8.11. The van der Waals surface area contributed by atoms with Crippen LogP contribution >= 0.6 is 0 Å². The average Bonchev–Trinajstić information content (AvgIpc) is 2.55. The summed E-state index contributed by atoms with van der Waals surface area (Å²) in [5.74, 6) is -0.0660. The van der Waals surface area contributed by atoms with Crippen LogP contribution in [0.3, 0.4) is 0 Å². The molecule has 0 saturated heterocycles. The lowest BCUT2D eigenvalue weighted by molar-refractivity contribution is -0.137. The Labute approximate surface area is 145 Å². The van der Waals surface area contributed by atoms with Gasteiger partial charge in [0.15, 0.2) is 0 Å². The quantitative estimate of drug-likeness (QED) is 0.834. The highest BCUT2D eigenvalue weighted by molar-refractivity contribution is 7.85. The molecule has 0 aliphatic rings. The van der Waals surface area contributed by atoms with Crippen molar-refractivity contribution in [2.24, 2.45) is 0 Å². The van der Waals surface area contributed by atoms with Crippen LogP contribution in [0.5, 0.6) is 17.4 Å². The van der Waals surface area contributed by atoms with Crippen LogP contribution in [0.25, 0.3) is 0 Å². The molecule has 1 N–H and O–H groups in total. The largest absolute Gasteiger partial charge is 0.452 e. The van der Waals surface area contributed by atoms with Crippen LogP contribution in [0, 0.1) is 0 Å². The zero-order valence-corrected chi connectivity index (χ0v) is 13.8. The summed E-state index contributed by atoms with van der Waals surface area (Å²) in [6.07, 6.45) is -5.11. The van der Waals surface area contributed by atoms with Crippen molar-refractivity contribution in [1.82, 2.24) is 9.71 Å². The number of carbonyl (C=O) groups is 1. The number of hydrogen-bond acceptors (Lipinski definition) is 7. The van der Waals surface area contributed by atoms with E-state index in [1.807, 2.05) is 0 Å². The van der Waals surface area contributed by atoms with Crippen molar-refractivity contribution in [2.75, 3.05) is 7.11 Å². The lowest BCUT2D eigenvalue weighted by Crippen LogP contribution is -2.33. The molecule has 0 fully saturated rings. The number of ether oxygens (including phenoxy) is 2. The zero-order valence-electron chi connectivity index (χ0n) is 13.0. The number of halogens is 3.